The lowest BCUT2D eigenvalue weighted by Gasteiger charge is -2.07. The Morgan fingerprint density at radius 2 is 1.81 bits per heavy atom. The van der Waals surface area contributed by atoms with E-state index in [4.69, 9.17) is 0 Å². The molecule has 0 unspecified atom stereocenters. The summed E-state index contributed by atoms with van der Waals surface area (Å²) in [5.41, 5.74) is 5.81. The van der Waals surface area contributed by atoms with Gasteiger partial charge in [-0.05, 0) is 59.5 Å². The fraction of sp³-hybridized carbons (Fsp3) is 0.0417. The van der Waals surface area contributed by atoms with Crippen LogP contribution in [-0.4, -0.2) is 4.98 Å². The lowest BCUT2D eigenvalue weighted by Crippen LogP contribution is -1.98. The molecule has 0 aliphatic carbocycles. The van der Waals surface area contributed by atoms with Crippen LogP contribution in [0.1, 0.15) is 11.1 Å². The van der Waals surface area contributed by atoms with E-state index in [0.717, 1.165) is 33.6 Å². The van der Waals surface area contributed by atoms with Crippen molar-refractivity contribution in [2.45, 2.75) is 11.4 Å². The smallest absolute Gasteiger partial charge is 0.150 e. The Morgan fingerprint density at radius 3 is 2.65 bits per heavy atom. The van der Waals surface area contributed by atoms with Crippen LogP contribution in [0.15, 0.2) is 78.5 Å². The lowest BCUT2D eigenvalue weighted by molar-refractivity contribution is 0.586. The number of anilines is 1. The summed E-state index contributed by atoms with van der Waals surface area (Å²) in [6, 6.07) is 16.1. The van der Waals surface area contributed by atoms with Gasteiger partial charge in [0.15, 0.2) is 0 Å². The van der Waals surface area contributed by atoms with Crippen LogP contribution in [0.25, 0.3) is 26.6 Å². The summed E-state index contributed by atoms with van der Waals surface area (Å²) in [7, 11) is 0. The predicted octanol–water partition coefficient (Wildman–Crippen LogP) is 6.95. The van der Waals surface area contributed by atoms with Crippen LogP contribution in [0.2, 0.25) is 0 Å². The van der Waals surface area contributed by atoms with E-state index in [2.05, 4.69) is 51.9 Å². The van der Waals surface area contributed by atoms with Crippen molar-refractivity contribution in [2.24, 2.45) is 0 Å². The van der Waals surface area contributed by atoms with E-state index in [9.17, 15) is 8.78 Å². The Balaban J connectivity index is 1.35. The highest BCUT2D eigenvalue weighted by Gasteiger charge is 2.15. The van der Waals surface area contributed by atoms with Gasteiger partial charge in [-0.2, -0.15) is 0 Å². The van der Waals surface area contributed by atoms with E-state index < -0.39 is 11.6 Å². The molecule has 3 heterocycles. The fourth-order valence-corrected chi connectivity index (χ4v) is 5.10. The minimum absolute atomic E-state index is 0.226. The van der Waals surface area contributed by atoms with Gasteiger partial charge in [0.05, 0.1) is 5.69 Å². The van der Waals surface area contributed by atoms with Crippen LogP contribution in [-0.2, 0) is 6.54 Å². The molecule has 0 saturated heterocycles. The minimum Gasteiger partial charge on any atom is -0.381 e. The van der Waals surface area contributed by atoms with Gasteiger partial charge in [-0.1, -0.05) is 18.7 Å². The second-order valence-corrected chi connectivity index (χ2v) is 9.07. The summed E-state index contributed by atoms with van der Waals surface area (Å²) in [4.78, 5) is 7.43. The van der Waals surface area contributed by atoms with Crippen molar-refractivity contribution in [1.29, 1.82) is 0 Å². The van der Waals surface area contributed by atoms with E-state index in [1.165, 1.54) is 45.6 Å². The van der Waals surface area contributed by atoms with Crippen molar-refractivity contribution in [2.75, 3.05) is 4.72 Å². The van der Waals surface area contributed by atoms with Crippen LogP contribution < -0.4 is 10.0 Å². The van der Waals surface area contributed by atoms with Crippen LogP contribution in [0.3, 0.4) is 0 Å². The van der Waals surface area contributed by atoms with Crippen molar-refractivity contribution in [3.05, 3.63) is 96.3 Å². The molecule has 0 bridgehead atoms. The maximum atomic E-state index is 13.8. The van der Waals surface area contributed by atoms with Gasteiger partial charge in [-0.3, -0.25) is 4.98 Å². The van der Waals surface area contributed by atoms with Crippen LogP contribution >= 0.6 is 23.3 Å². The molecule has 0 spiro atoms. The van der Waals surface area contributed by atoms with Gasteiger partial charge >= 0.3 is 0 Å². The fourth-order valence-electron chi connectivity index (χ4n) is 3.43. The molecule has 4 aromatic rings. The minimum atomic E-state index is -0.632. The summed E-state index contributed by atoms with van der Waals surface area (Å²) in [5.74, 6) is -1.23. The molecule has 0 radical (unpaired) electrons. The molecular formula is C24H17F2N3S2. The van der Waals surface area contributed by atoms with Crippen LogP contribution in [0, 0.1) is 11.6 Å². The van der Waals surface area contributed by atoms with Crippen molar-refractivity contribution < 1.29 is 8.78 Å². The number of hydrogen-bond donors (Lipinski definition) is 2. The third-order valence-electron chi connectivity index (χ3n) is 5.02. The zero-order chi connectivity index (χ0) is 21.4. The molecule has 2 aromatic heterocycles. The number of halogens is 2. The third kappa shape index (κ3) is 4.06. The van der Waals surface area contributed by atoms with E-state index in [1.54, 1.807) is 17.5 Å². The normalized spacial score (nSPS) is 12.5. The first-order valence-corrected chi connectivity index (χ1v) is 11.2. The average Bonchev–Trinajstić information content (AvgIpc) is 3.41. The van der Waals surface area contributed by atoms with Gasteiger partial charge in [0.1, 0.15) is 11.6 Å². The van der Waals surface area contributed by atoms with Gasteiger partial charge < -0.3 is 10.0 Å². The molecule has 0 saturated carbocycles. The van der Waals surface area contributed by atoms with Crippen molar-refractivity contribution in [1.82, 2.24) is 10.3 Å². The summed E-state index contributed by atoms with van der Waals surface area (Å²) >= 11 is 2.93. The van der Waals surface area contributed by atoms with Gasteiger partial charge in [0, 0.05) is 56.5 Å². The van der Waals surface area contributed by atoms with Crippen molar-refractivity contribution >= 4 is 34.7 Å². The second kappa shape index (κ2) is 8.17. The molecule has 154 valence electrons. The quantitative estimate of drug-likeness (QED) is 0.323. The largest absolute Gasteiger partial charge is 0.381 e. The molecule has 7 heteroatoms. The van der Waals surface area contributed by atoms with Crippen molar-refractivity contribution in [3.8, 4) is 20.9 Å². The SMILES string of the molecule is C=C1NCc2cc(-c3ccc(-c4cncc(SNc5ccc(F)cc5F)c4)s3)ccc21. The summed E-state index contributed by atoms with van der Waals surface area (Å²) in [6.07, 6.45) is 3.52. The first kappa shape index (κ1) is 19.8. The Hall–Kier alpha value is -3.16. The molecule has 0 amide bonds. The van der Waals surface area contributed by atoms with Crippen molar-refractivity contribution in [3.63, 3.8) is 0 Å². The lowest BCUT2D eigenvalue weighted by atomic mass is 10.0. The second-order valence-electron chi connectivity index (χ2n) is 7.11. The molecule has 0 atom stereocenters. The van der Waals surface area contributed by atoms with Gasteiger partial charge in [0.25, 0.3) is 0 Å². The maximum Gasteiger partial charge on any atom is 0.150 e. The number of nitrogens with zero attached hydrogens (tertiary/aromatic N) is 1. The molecular weight excluding hydrogens is 432 g/mol. The average molecular weight is 450 g/mol. The number of rotatable bonds is 5. The first-order chi connectivity index (χ1) is 15.1. The summed E-state index contributed by atoms with van der Waals surface area (Å²) < 4.78 is 29.8. The van der Waals surface area contributed by atoms with Gasteiger partial charge in [-0.25, -0.2) is 8.78 Å². The van der Waals surface area contributed by atoms with E-state index >= 15 is 0 Å². The summed E-state index contributed by atoms with van der Waals surface area (Å²) in [5, 5.41) is 3.28. The predicted molar refractivity (Wildman–Crippen MR) is 125 cm³/mol. The molecule has 3 nitrogen and oxygen atoms in total. The van der Waals surface area contributed by atoms with E-state index in [0.29, 0.717) is 0 Å². The monoisotopic (exact) mass is 449 g/mol. The zero-order valence-electron chi connectivity index (χ0n) is 16.3. The topological polar surface area (TPSA) is 37.0 Å². The number of fused-ring (bicyclic) bond motifs is 1. The Morgan fingerprint density at radius 1 is 0.968 bits per heavy atom. The molecule has 2 aromatic carbocycles. The number of aromatic nitrogens is 1. The zero-order valence-corrected chi connectivity index (χ0v) is 17.9. The highest BCUT2D eigenvalue weighted by atomic mass is 32.2. The first-order valence-electron chi connectivity index (χ1n) is 9.56. The molecule has 2 N–H and O–H groups in total. The number of hydrogen-bond acceptors (Lipinski definition) is 5. The van der Waals surface area contributed by atoms with Gasteiger partial charge in [0.2, 0.25) is 0 Å². The molecule has 1 aliphatic heterocycles. The number of benzene rings is 2. The Bertz CT molecular complexity index is 1300. The van der Waals surface area contributed by atoms with Gasteiger partial charge in [-0.15, -0.1) is 11.3 Å². The van der Waals surface area contributed by atoms with E-state index in [-0.39, 0.29) is 5.69 Å². The number of thiophene rings is 1. The number of nitrogens with one attached hydrogen (secondary N) is 2. The van der Waals surface area contributed by atoms with E-state index in [1.807, 2.05) is 12.3 Å². The van der Waals surface area contributed by atoms with Crippen LogP contribution in [0.4, 0.5) is 14.5 Å². The molecule has 1 aliphatic rings. The molecule has 31 heavy (non-hydrogen) atoms. The number of pyridine rings is 1. The molecule has 5 rings (SSSR count). The highest BCUT2D eigenvalue weighted by molar-refractivity contribution is 8.00. The Kier molecular flexibility index (Phi) is 5.21. The Labute approximate surface area is 187 Å². The third-order valence-corrected chi connectivity index (χ3v) is 6.99. The summed E-state index contributed by atoms with van der Waals surface area (Å²) in [6.45, 7) is 4.84. The van der Waals surface area contributed by atoms with Crippen LogP contribution in [0.5, 0.6) is 0 Å². The standard InChI is InChI=1S/C24H17F2N3S2/c1-14-20-4-2-15(8-16(20)12-28-14)23-6-7-24(30-23)17-9-19(13-27-11-17)31-29-22-5-3-18(25)10-21(22)26/h2-11,13,28-29H,1,12H2. The maximum absolute atomic E-state index is 13.8. The molecule has 0 fully saturated rings. The highest BCUT2D eigenvalue weighted by Crippen LogP contribution is 2.37.